The number of benzene rings is 9. The Morgan fingerprint density at radius 3 is 0.833 bits per heavy atom. The summed E-state index contributed by atoms with van der Waals surface area (Å²) in [4.78, 5) is 42.3. The maximum atomic E-state index is 5.08. The minimum Gasteiger partial charge on any atom is -0.308 e. The Hall–Kier alpha value is -13.8. The van der Waals surface area contributed by atoms with Crippen molar-refractivity contribution in [3.63, 3.8) is 0 Å². The molecule has 0 aliphatic carbocycles. The van der Waals surface area contributed by atoms with Gasteiger partial charge >= 0.3 is 0 Å². The number of pyridine rings is 9. The summed E-state index contributed by atoms with van der Waals surface area (Å²) in [5, 5.41) is 3.37. The molecule has 9 aromatic carbocycles. The maximum Gasteiger partial charge on any atom is 0.0963 e. The normalized spacial score (nSPS) is 11.3. The molecule has 114 heavy (non-hydrogen) atoms. The van der Waals surface area contributed by atoms with E-state index in [-0.39, 0.29) is 0 Å². The molecule has 540 valence electrons. The van der Waals surface area contributed by atoms with Crippen LogP contribution in [0, 0.1) is 0 Å². The minimum absolute atomic E-state index is 0.812. The highest BCUT2D eigenvalue weighted by Crippen LogP contribution is 2.40. The van der Waals surface area contributed by atoms with Crippen molar-refractivity contribution in [3.05, 3.63) is 397 Å². The van der Waals surface area contributed by atoms with Crippen molar-refractivity contribution in [2.75, 3.05) is 0 Å². The van der Waals surface area contributed by atoms with Crippen LogP contribution in [-0.2, 0) is 0 Å². The Bertz CT molecular complexity index is 6240. The third-order valence-electron chi connectivity index (χ3n) is 20.3. The summed E-state index contributed by atoms with van der Waals surface area (Å²) < 4.78 is 9.94. The molecule has 15 heteroatoms. The number of hydrogen-bond acceptors (Lipinski definition) is 9. The van der Waals surface area contributed by atoms with Crippen LogP contribution in [0.25, 0.3) is 184 Å². The van der Waals surface area contributed by atoms with Crippen molar-refractivity contribution >= 4 is 114 Å². The highest BCUT2D eigenvalue weighted by atomic mass is 79.9. The summed E-state index contributed by atoms with van der Waals surface area (Å²) in [5.41, 5.74) is 31.0. The van der Waals surface area contributed by atoms with Crippen molar-refractivity contribution < 1.29 is 0 Å². The number of rotatable bonds is 12. The summed E-state index contributed by atoms with van der Waals surface area (Å²) in [6.07, 6.45) is 12.8. The van der Waals surface area contributed by atoms with Gasteiger partial charge in [0.2, 0.25) is 0 Å². The van der Waals surface area contributed by atoms with Gasteiger partial charge in [0.15, 0.2) is 0 Å². The minimum atomic E-state index is 0.812. The first-order chi connectivity index (χ1) is 56.2. The molecule has 12 nitrogen and oxygen atoms in total. The SMILES string of the molecule is Brc1ccc2c(c1)c1ncccc1n2-c1ccc(-c2cc(-c3ccccc3)cc(-c3ccccc3)n2)cc1.Brc1ccc2c(c1)c1ncccc1n2-c1ccc(-c2cc(-c3ccccn3)cc(-c3ccccn3)c2)cc1.Brc1ccc2c(c1)c1ncccc1n2-c1ccc(-c2cc(-c3ccccn3)nc(-c3ccccn3)c2)cc1. The van der Waals surface area contributed by atoms with E-state index in [9.17, 15) is 0 Å². The van der Waals surface area contributed by atoms with E-state index in [1.165, 1.54) is 5.56 Å². The van der Waals surface area contributed by atoms with Gasteiger partial charge in [0.1, 0.15) is 0 Å². The summed E-state index contributed by atoms with van der Waals surface area (Å²) in [6.45, 7) is 0. The Morgan fingerprint density at radius 1 is 0.175 bits per heavy atom. The van der Waals surface area contributed by atoms with Crippen molar-refractivity contribution in [3.8, 4) is 118 Å². The summed E-state index contributed by atoms with van der Waals surface area (Å²) in [7, 11) is 0. The first-order valence-electron chi connectivity index (χ1n) is 37.2. The van der Waals surface area contributed by atoms with E-state index in [2.05, 4.69) is 333 Å². The van der Waals surface area contributed by atoms with Crippen LogP contribution >= 0.6 is 47.8 Å². The topological polar surface area (TPSA) is 131 Å². The van der Waals surface area contributed by atoms with Gasteiger partial charge in [-0.15, -0.1) is 0 Å². The van der Waals surface area contributed by atoms with Crippen LogP contribution in [0.2, 0.25) is 0 Å². The van der Waals surface area contributed by atoms with Crippen molar-refractivity contribution in [2.45, 2.75) is 0 Å². The van der Waals surface area contributed by atoms with Crippen molar-refractivity contribution in [1.82, 2.24) is 58.6 Å². The summed E-state index contributed by atoms with van der Waals surface area (Å²) in [6, 6.07) is 117. The molecule has 0 aliphatic rings. The average Bonchev–Trinajstić information content (AvgIpc) is 1.59. The molecule has 12 aromatic heterocycles. The van der Waals surface area contributed by atoms with Crippen molar-refractivity contribution in [2.24, 2.45) is 0 Å². The van der Waals surface area contributed by atoms with E-state index in [0.717, 1.165) is 192 Å². The molecular formula is C99H63Br3N12. The van der Waals surface area contributed by atoms with Crippen LogP contribution in [0.5, 0.6) is 0 Å². The lowest BCUT2D eigenvalue weighted by Gasteiger charge is -2.12. The van der Waals surface area contributed by atoms with Gasteiger partial charge in [0.05, 0.1) is 95.2 Å². The van der Waals surface area contributed by atoms with Gasteiger partial charge < -0.3 is 13.7 Å². The molecule has 0 spiro atoms. The van der Waals surface area contributed by atoms with E-state index in [1.807, 2.05) is 134 Å². The molecule has 0 saturated carbocycles. The van der Waals surface area contributed by atoms with Gasteiger partial charge in [-0.1, -0.05) is 169 Å². The molecule has 0 saturated heterocycles. The number of fused-ring (bicyclic) bond motifs is 9. The molecule has 0 atom stereocenters. The van der Waals surface area contributed by atoms with Gasteiger partial charge in [0, 0.05) is 112 Å². The lowest BCUT2D eigenvalue weighted by atomic mass is 9.96. The number of halogens is 3. The van der Waals surface area contributed by atoms with Crippen LogP contribution in [0.1, 0.15) is 0 Å². The fraction of sp³-hybridized carbons (Fsp3) is 0. The lowest BCUT2D eigenvalue weighted by Crippen LogP contribution is -1.95. The molecule has 21 aromatic rings. The van der Waals surface area contributed by atoms with Crippen LogP contribution in [0.3, 0.4) is 0 Å². The van der Waals surface area contributed by atoms with E-state index in [1.54, 1.807) is 12.4 Å². The Balaban J connectivity index is 0.000000115. The molecule has 0 bridgehead atoms. The largest absolute Gasteiger partial charge is 0.308 e. The zero-order chi connectivity index (χ0) is 76.4. The highest BCUT2D eigenvalue weighted by Gasteiger charge is 2.20. The van der Waals surface area contributed by atoms with E-state index in [4.69, 9.17) is 9.97 Å². The third-order valence-corrected chi connectivity index (χ3v) is 21.8. The predicted octanol–water partition coefficient (Wildman–Crippen LogP) is 26.2. The monoisotopic (exact) mass is 1660 g/mol. The zero-order valence-corrected chi connectivity index (χ0v) is 65.6. The maximum absolute atomic E-state index is 5.08. The van der Waals surface area contributed by atoms with Gasteiger partial charge in [-0.2, -0.15) is 0 Å². The van der Waals surface area contributed by atoms with E-state index < -0.39 is 0 Å². The molecule has 0 fully saturated rings. The molecule has 21 rings (SSSR count). The second-order valence-corrected chi connectivity index (χ2v) is 30.1. The summed E-state index contributed by atoms with van der Waals surface area (Å²) in [5.74, 6) is 0. The van der Waals surface area contributed by atoms with Crippen LogP contribution in [-0.4, -0.2) is 58.6 Å². The Labute approximate surface area is 681 Å². The van der Waals surface area contributed by atoms with Gasteiger partial charge in [-0.25, -0.2) is 9.97 Å². The fourth-order valence-corrected chi connectivity index (χ4v) is 16.1. The lowest BCUT2D eigenvalue weighted by molar-refractivity contribution is 1.17. The number of nitrogens with zero attached hydrogens (tertiary/aromatic N) is 12. The van der Waals surface area contributed by atoms with Gasteiger partial charge in [0.25, 0.3) is 0 Å². The summed E-state index contributed by atoms with van der Waals surface area (Å²) >= 11 is 10.9. The molecule has 0 aliphatic heterocycles. The van der Waals surface area contributed by atoms with E-state index >= 15 is 0 Å². The predicted molar refractivity (Wildman–Crippen MR) is 475 cm³/mol. The standard InChI is InChI=1S/C34H22BrN3.C33H21BrN4.C32H20BrN5/c35-27-15-18-32-29(22-27)34-33(12-7-19-36-34)38(32)28-16-13-25(14-17-28)31-21-26(23-8-3-1-4-9-23)20-30(37-31)24-10-5-2-6-11-24;34-26-11-14-31-28(21-26)33-32(8-5-17-37-33)38(31)27-12-9-22(10-13-27)23-18-24(29-6-1-3-15-35-29)20-25(19-23)30-7-2-4-16-36-30;33-23-11-14-30-25(20-23)32-31(8-5-17-36-32)38(30)24-12-9-21(10-13-24)22-18-28(26-6-1-3-15-34-26)37-29(19-22)27-7-2-4-16-35-27/h1-22H;1-21H;1-20H. The number of hydrogen-bond donors (Lipinski definition) is 0. The molecule has 0 N–H and O–H groups in total. The van der Waals surface area contributed by atoms with Crippen molar-refractivity contribution in [1.29, 1.82) is 0 Å². The first kappa shape index (κ1) is 70.5. The smallest absolute Gasteiger partial charge is 0.0963 e. The van der Waals surface area contributed by atoms with E-state index in [0.29, 0.717) is 0 Å². The Morgan fingerprint density at radius 2 is 0.465 bits per heavy atom. The molecular weight excluding hydrogens is 1600 g/mol. The number of aromatic nitrogens is 12. The second-order valence-electron chi connectivity index (χ2n) is 27.4. The second kappa shape index (κ2) is 31.1. The van der Waals surface area contributed by atoms with Crippen LogP contribution in [0.15, 0.2) is 397 Å². The highest BCUT2D eigenvalue weighted by molar-refractivity contribution is 9.11. The molecule has 0 amide bonds. The van der Waals surface area contributed by atoms with Gasteiger partial charge in [-0.3, -0.25) is 34.9 Å². The Kier molecular flexibility index (Phi) is 19.3. The van der Waals surface area contributed by atoms with Crippen LogP contribution in [0.4, 0.5) is 0 Å². The van der Waals surface area contributed by atoms with Gasteiger partial charge in [-0.05, 0) is 252 Å². The third kappa shape index (κ3) is 14.1. The average molecular weight is 1660 g/mol. The quantitative estimate of drug-likeness (QED) is 0.117. The first-order valence-corrected chi connectivity index (χ1v) is 39.5. The fourth-order valence-electron chi connectivity index (χ4n) is 15.0. The molecule has 12 heterocycles. The van der Waals surface area contributed by atoms with Crippen LogP contribution < -0.4 is 0 Å². The molecule has 0 radical (unpaired) electrons. The molecule has 0 unspecified atom stereocenters. The zero-order valence-electron chi connectivity index (χ0n) is 60.9.